The van der Waals surface area contributed by atoms with E-state index in [1.54, 1.807) is 29.5 Å². The molecule has 1 atom stereocenters. The van der Waals surface area contributed by atoms with Crippen molar-refractivity contribution in [2.75, 3.05) is 11.6 Å². The Kier molecular flexibility index (Phi) is 3.58. The van der Waals surface area contributed by atoms with Crippen LogP contribution in [0.25, 0.3) is 0 Å². The van der Waals surface area contributed by atoms with Gasteiger partial charge in [0.1, 0.15) is 6.04 Å². The third-order valence-electron chi connectivity index (χ3n) is 3.88. The monoisotopic (exact) mass is 296 g/mol. The van der Waals surface area contributed by atoms with E-state index in [0.29, 0.717) is 6.54 Å². The second-order valence-corrected chi connectivity index (χ2v) is 5.33. The molecule has 3 rings (SSSR count). The van der Waals surface area contributed by atoms with Crippen molar-refractivity contribution < 1.29 is 9.90 Å². The fourth-order valence-electron chi connectivity index (χ4n) is 2.49. The van der Waals surface area contributed by atoms with E-state index in [-0.39, 0.29) is 11.6 Å². The van der Waals surface area contributed by atoms with Crippen LogP contribution >= 0.6 is 0 Å². The summed E-state index contributed by atoms with van der Waals surface area (Å²) in [5.41, 5.74) is 3.98. The van der Waals surface area contributed by atoms with Crippen LogP contribution < -0.4 is 5.01 Å². The van der Waals surface area contributed by atoms with Crippen molar-refractivity contribution in [2.45, 2.75) is 19.9 Å². The van der Waals surface area contributed by atoms with Crippen LogP contribution in [-0.4, -0.2) is 22.6 Å². The zero-order valence-electron chi connectivity index (χ0n) is 12.4. The van der Waals surface area contributed by atoms with Gasteiger partial charge in [0.15, 0.2) is 0 Å². The van der Waals surface area contributed by atoms with Gasteiger partial charge in [0.2, 0.25) is 0 Å². The summed E-state index contributed by atoms with van der Waals surface area (Å²) >= 11 is 0. The van der Waals surface area contributed by atoms with Crippen LogP contribution in [0.15, 0.2) is 47.0 Å². The Balaban J connectivity index is 1.91. The summed E-state index contributed by atoms with van der Waals surface area (Å²) in [6.45, 7) is 4.44. The Labute approximate surface area is 128 Å². The summed E-state index contributed by atoms with van der Waals surface area (Å²) in [6, 6.07) is 7.07. The minimum atomic E-state index is -0.940. The summed E-state index contributed by atoms with van der Waals surface area (Å²) in [4.78, 5) is 15.3. The average molecular weight is 296 g/mol. The Morgan fingerprint density at radius 3 is 2.86 bits per heavy atom. The number of benzene rings is 1. The molecule has 22 heavy (non-hydrogen) atoms. The van der Waals surface area contributed by atoms with Gasteiger partial charge in [-0.25, -0.2) is 9.80 Å². The lowest BCUT2D eigenvalue weighted by Gasteiger charge is -2.18. The molecule has 1 aromatic carbocycles. The largest absolute Gasteiger partial charge is 0.478 e. The van der Waals surface area contributed by atoms with E-state index >= 15 is 0 Å². The van der Waals surface area contributed by atoms with Crippen LogP contribution in [0.2, 0.25) is 0 Å². The second kappa shape index (κ2) is 5.55. The number of pyridine rings is 1. The normalized spacial score (nSPS) is 17.0. The number of hydrogen-bond donors (Lipinski definition) is 1. The highest BCUT2D eigenvalue weighted by Gasteiger charge is 2.24. The van der Waals surface area contributed by atoms with Crippen LogP contribution in [0, 0.1) is 13.8 Å². The first-order valence-electron chi connectivity index (χ1n) is 6.99. The molecular formula is C16H16N4O2. The van der Waals surface area contributed by atoms with Gasteiger partial charge in [-0.05, 0) is 48.7 Å². The van der Waals surface area contributed by atoms with Crippen LogP contribution in [-0.2, 0) is 0 Å². The molecule has 112 valence electrons. The van der Waals surface area contributed by atoms with E-state index in [1.807, 2.05) is 26.0 Å². The maximum atomic E-state index is 11.2. The number of carbonyl (C=O) groups is 1. The average Bonchev–Trinajstić information content (AvgIpc) is 3.00. The lowest BCUT2D eigenvalue weighted by molar-refractivity contribution is 0.0697. The molecule has 2 aromatic rings. The Morgan fingerprint density at radius 2 is 2.18 bits per heavy atom. The minimum Gasteiger partial charge on any atom is -0.478 e. The summed E-state index contributed by atoms with van der Waals surface area (Å²) in [7, 11) is 0. The van der Waals surface area contributed by atoms with Crippen molar-refractivity contribution in [3.63, 3.8) is 0 Å². The number of carboxylic acids is 1. The highest BCUT2D eigenvalue weighted by atomic mass is 16.4. The van der Waals surface area contributed by atoms with Crippen LogP contribution in [0.4, 0.5) is 5.69 Å². The number of hydrogen-bond acceptors (Lipinski definition) is 5. The zero-order chi connectivity index (χ0) is 15.7. The highest BCUT2D eigenvalue weighted by molar-refractivity contribution is 5.89. The van der Waals surface area contributed by atoms with E-state index in [4.69, 9.17) is 0 Å². The second-order valence-electron chi connectivity index (χ2n) is 5.33. The van der Waals surface area contributed by atoms with E-state index in [9.17, 15) is 9.90 Å². The Hall–Kier alpha value is -2.76. The summed E-state index contributed by atoms with van der Waals surface area (Å²) in [5, 5.41) is 19.4. The predicted molar refractivity (Wildman–Crippen MR) is 82.1 cm³/mol. The van der Waals surface area contributed by atoms with Crippen LogP contribution in [0.5, 0.6) is 0 Å². The molecule has 0 spiro atoms. The van der Waals surface area contributed by atoms with Gasteiger partial charge in [-0.3, -0.25) is 4.98 Å². The van der Waals surface area contributed by atoms with Crippen LogP contribution in [0.3, 0.4) is 0 Å². The quantitative estimate of drug-likeness (QED) is 0.942. The fourth-order valence-corrected chi connectivity index (χ4v) is 2.49. The molecule has 1 N–H and O–H groups in total. The molecule has 6 heteroatoms. The summed E-state index contributed by atoms with van der Waals surface area (Å²) in [5.74, 6) is -0.940. The lowest BCUT2D eigenvalue weighted by Crippen LogP contribution is -2.18. The topological polar surface area (TPSA) is 78.1 Å². The van der Waals surface area contributed by atoms with Gasteiger partial charge in [0.25, 0.3) is 0 Å². The molecule has 0 saturated carbocycles. The SMILES string of the molecule is Cc1cc(C(=O)O)cc(N2CC(c3cccnc3)N=N2)c1C. The van der Waals surface area contributed by atoms with Gasteiger partial charge in [0, 0.05) is 12.4 Å². The molecule has 6 nitrogen and oxygen atoms in total. The number of anilines is 1. The molecule has 1 unspecified atom stereocenters. The third kappa shape index (κ3) is 2.55. The Bertz CT molecular complexity index is 743. The van der Waals surface area contributed by atoms with Gasteiger partial charge in [-0.1, -0.05) is 11.3 Å². The predicted octanol–water partition coefficient (Wildman–Crippen LogP) is 3.33. The van der Waals surface area contributed by atoms with Gasteiger partial charge >= 0.3 is 5.97 Å². The van der Waals surface area contributed by atoms with Crippen molar-refractivity contribution in [3.05, 3.63) is 58.9 Å². The smallest absolute Gasteiger partial charge is 0.335 e. The molecule has 1 aromatic heterocycles. The zero-order valence-corrected chi connectivity index (χ0v) is 12.4. The standard InChI is InChI=1S/C16H16N4O2/c1-10-6-13(16(21)22)7-15(11(10)2)20-9-14(18-19-20)12-4-3-5-17-8-12/h3-8,14H,9H2,1-2H3,(H,21,22). The van der Waals surface area contributed by atoms with E-state index in [0.717, 1.165) is 22.4 Å². The van der Waals surface area contributed by atoms with Crippen molar-refractivity contribution >= 4 is 11.7 Å². The molecule has 1 aliphatic heterocycles. The summed E-state index contributed by atoms with van der Waals surface area (Å²) < 4.78 is 0. The van der Waals surface area contributed by atoms with Crippen molar-refractivity contribution in [1.82, 2.24) is 4.98 Å². The molecule has 0 bridgehead atoms. The first-order valence-corrected chi connectivity index (χ1v) is 6.99. The first kappa shape index (κ1) is 14.2. The molecule has 2 heterocycles. The molecule has 0 aliphatic carbocycles. The van der Waals surface area contributed by atoms with Gasteiger partial charge in [0.05, 0.1) is 17.8 Å². The van der Waals surface area contributed by atoms with Crippen LogP contribution in [0.1, 0.15) is 33.1 Å². The number of rotatable bonds is 3. The number of aromatic carboxylic acids is 1. The van der Waals surface area contributed by atoms with Crippen molar-refractivity contribution in [1.29, 1.82) is 0 Å². The number of aromatic nitrogens is 1. The van der Waals surface area contributed by atoms with E-state index in [2.05, 4.69) is 15.3 Å². The van der Waals surface area contributed by atoms with Crippen molar-refractivity contribution in [2.24, 2.45) is 10.3 Å². The lowest BCUT2D eigenvalue weighted by atomic mass is 10.0. The Morgan fingerprint density at radius 1 is 1.36 bits per heavy atom. The third-order valence-corrected chi connectivity index (χ3v) is 3.88. The molecule has 0 amide bonds. The fraction of sp³-hybridized carbons (Fsp3) is 0.250. The maximum Gasteiger partial charge on any atom is 0.335 e. The molecule has 0 radical (unpaired) electrons. The van der Waals surface area contributed by atoms with Gasteiger partial charge < -0.3 is 5.11 Å². The summed E-state index contributed by atoms with van der Waals surface area (Å²) in [6.07, 6.45) is 3.50. The van der Waals surface area contributed by atoms with E-state index < -0.39 is 5.97 Å². The highest BCUT2D eigenvalue weighted by Crippen LogP contribution is 2.32. The minimum absolute atomic E-state index is 0.0816. The first-order chi connectivity index (χ1) is 10.6. The maximum absolute atomic E-state index is 11.2. The van der Waals surface area contributed by atoms with Gasteiger partial charge in [-0.2, -0.15) is 5.11 Å². The molecule has 0 saturated heterocycles. The van der Waals surface area contributed by atoms with Crippen molar-refractivity contribution in [3.8, 4) is 0 Å². The molecular weight excluding hydrogens is 280 g/mol. The number of carboxylic acid groups (broad SMARTS) is 1. The van der Waals surface area contributed by atoms with E-state index in [1.165, 1.54) is 0 Å². The number of aryl methyl sites for hydroxylation is 1. The number of nitrogens with zero attached hydrogens (tertiary/aromatic N) is 4. The van der Waals surface area contributed by atoms with Gasteiger partial charge in [-0.15, -0.1) is 0 Å². The molecule has 1 aliphatic rings. The molecule has 0 fully saturated rings.